The van der Waals surface area contributed by atoms with E-state index in [0.717, 1.165) is 12.8 Å². The zero-order valence-corrected chi connectivity index (χ0v) is 12.4. The second-order valence-corrected chi connectivity index (χ2v) is 6.19. The summed E-state index contributed by atoms with van der Waals surface area (Å²) >= 11 is 4.16. The molecule has 2 atom stereocenters. The summed E-state index contributed by atoms with van der Waals surface area (Å²) in [7, 11) is 0. The van der Waals surface area contributed by atoms with Crippen molar-refractivity contribution in [3.63, 3.8) is 0 Å². The Morgan fingerprint density at radius 1 is 1.38 bits per heavy atom. The molecule has 2 aliphatic rings. The Morgan fingerprint density at radius 2 is 2.19 bits per heavy atom. The van der Waals surface area contributed by atoms with Gasteiger partial charge >= 0.3 is 0 Å². The molecule has 112 valence electrons. The Hall–Kier alpha value is -1.56. The smallest absolute Gasteiger partial charge is 0.256 e. The number of hydrogen-bond acceptors (Lipinski definition) is 3. The fourth-order valence-corrected chi connectivity index (χ4v) is 3.35. The van der Waals surface area contributed by atoms with E-state index in [1.807, 2.05) is 0 Å². The van der Waals surface area contributed by atoms with Gasteiger partial charge in [0.15, 0.2) is 0 Å². The van der Waals surface area contributed by atoms with Crippen molar-refractivity contribution in [1.82, 2.24) is 10.2 Å². The quantitative estimate of drug-likeness (QED) is 0.778. The molecule has 2 unspecified atom stereocenters. The summed E-state index contributed by atoms with van der Waals surface area (Å²) in [6.45, 7) is 1.11. The average Bonchev–Trinajstić information content (AvgIpc) is 2.48. The molecule has 0 bridgehead atoms. The van der Waals surface area contributed by atoms with E-state index in [0.29, 0.717) is 24.4 Å². The fourth-order valence-electron chi connectivity index (χ4n) is 3.14. The van der Waals surface area contributed by atoms with E-state index >= 15 is 0 Å². The highest BCUT2D eigenvalue weighted by molar-refractivity contribution is 7.80. The van der Waals surface area contributed by atoms with E-state index in [4.69, 9.17) is 0 Å². The second-order valence-electron chi connectivity index (χ2n) is 5.68. The number of rotatable bonds is 1. The minimum atomic E-state index is -0.517. The Bertz CT molecular complexity index is 593. The van der Waals surface area contributed by atoms with Crippen LogP contribution in [0.3, 0.4) is 0 Å². The topological polar surface area (TPSA) is 49.4 Å². The van der Waals surface area contributed by atoms with Crippen molar-refractivity contribution >= 4 is 24.4 Å². The Balaban J connectivity index is 1.74. The van der Waals surface area contributed by atoms with Crippen LogP contribution in [0.4, 0.5) is 4.39 Å². The maximum atomic E-state index is 13.8. The van der Waals surface area contributed by atoms with Gasteiger partial charge < -0.3 is 10.2 Å². The van der Waals surface area contributed by atoms with E-state index < -0.39 is 5.82 Å². The number of nitrogens with one attached hydrogen (secondary N) is 1. The molecule has 0 aliphatic carbocycles. The summed E-state index contributed by atoms with van der Waals surface area (Å²) in [5.74, 6) is -0.455. The summed E-state index contributed by atoms with van der Waals surface area (Å²) in [5.41, 5.74) is 0.0702. The van der Waals surface area contributed by atoms with E-state index in [-0.39, 0.29) is 29.3 Å². The lowest BCUT2D eigenvalue weighted by atomic mass is 9.85. The van der Waals surface area contributed by atoms with Gasteiger partial charge in [0.2, 0.25) is 5.91 Å². The van der Waals surface area contributed by atoms with Crippen LogP contribution in [0.2, 0.25) is 0 Å². The molecule has 3 rings (SSSR count). The second kappa shape index (κ2) is 5.67. The van der Waals surface area contributed by atoms with E-state index in [1.165, 1.54) is 18.2 Å². The highest BCUT2D eigenvalue weighted by atomic mass is 32.1. The number of thiol groups is 1. The molecule has 1 N–H and O–H groups in total. The van der Waals surface area contributed by atoms with Crippen LogP contribution in [0.5, 0.6) is 0 Å². The van der Waals surface area contributed by atoms with E-state index in [2.05, 4.69) is 17.9 Å². The molecule has 2 aliphatic heterocycles. The minimum absolute atomic E-state index is 0.0702. The first-order chi connectivity index (χ1) is 10.0. The van der Waals surface area contributed by atoms with E-state index in [9.17, 15) is 14.0 Å². The molecule has 21 heavy (non-hydrogen) atoms. The van der Waals surface area contributed by atoms with Crippen LogP contribution in [0.25, 0.3) is 0 Å². The molecule has 4 nitrogen and oxygen atoms in total. The highest BCUT2D eigenvalue weighted by Crippen LogP contribution is 2.27. The first kappa shape index (κ1) is 14.4. The van der Waals surface area contributed by atoms with Gasteiger partial charge in [-0.05, 0) is 37.0 Å². The van der Waals surface area contributed by atoms with Gasteiger partial charge in [-0.1, -0.05) is 0 Å². The van der Waals surface area contributed by atoms with Crippen LogP contribution >= 0.6 is 12.6 Å². The molecule has 0 radical (unpaired) electrons. The summed E-state index contributed by atoms with van der Waals surface area (Å²) in [6, 6.07) is 4.41. The molecule has 1 aromatic carbocycles. The van der Waals surface area contributed by atoms with Crippen LogP contribution in [-0.4, -0.2) is 35.8 Å². The van der Waals surface area contributed by atoms with Gasteiger partial charge in [0.05, 0.1) is 5.56 Å². The number of benzene rings is 1. The third-order valence-electron chi connectivity index (χ3n) is 4.29. The molecule has 2 amide bonds. The van der Waals surface area contributed by atoms with Crippen molar-refractivity contribution in [2.45, 2.75) is 30.2 Å². The standard InChI is InChI=1S/C15H17FN2O2S/c16-12-3-2-10(21)7-11(12)15(20)18-6-5-13-9(8-18)1-4-14(19)17-13/h2-3,7,9,13,21H,1,4-6,8H2,(H,17,19). The van der Waals surface area contributed by atoms with Gasteiger partial charge in [-0.3, -0.25) is 9.59 Å². The maximum absolute atomic E-state index is 13.8. The van der Waals surface area contributed by atoms with Crippen LogP contribution in [0.15, 0.2) is 23.1 Å². The van der Waals surface area contributed by atoms with Crippen LogP contribution < -0.4 is 5.32 Å². The number of likely N-dealkylation sites (tertiary alicyclic amines) is 1. The number of amides is 2. The average molecular weight is 308 g/mol. The number of nitrogens with zero attached hydrogens (tertiary/aromatic N) is 1. The first-order valence-electron chi connectivity index (χ1n) is 7.12. The summed E-state index contributed by atoms with van der Waals surface area (Å²) in [5, 5.41) is 2.97. The van der Waals surface area contributed by atoms with Gasteiger partial charge in [-0.2, -0.15) is 0 Å². The molecule has 0 saturated carbocycles. The van der Waals surface area contributed by atoms with Crippen molar-refractivity contribution in [2.24, 2.45) is 5.92 Å². The predicted octanol–water partition coefficient (Wildman–Crippen LogP) is 1.86. The lowest BCUT2D eigenvalue weighted by Gasteiger charge is -2.41. The predicted molar refractivity (Wildman–Crippen MR) is 78.8 cm³/mol. The monoisotopic (exact) mass is 308 g/mol. The molecule has 2 fully saturated rings. The van der Waals surface area contributed by atoms with Gasteiger partial charge in [-0.15, -0.1) is 12.6 Å². The summed E-state index contributed by atoms with van der Waals surface area (Å²) < 4.78 is 13.8. The molecule has 0 spiro atoms. The van der Waals surface area contributed by atoms with Crippen LogP contribution in [0.1, 0.15) is 29.6 Å². The van der Waals surface area contributed by atoms with Gasteiger partial charge in [0.1, 0.15) is 5.82 Å². The van der Waals surface area contributed by atoms with Gasteiger partial charge in [0.25, 0.3) is 5.91 Å². The van der Waals surface area contributed by atoms with Gasteiger partial charge in [0, 0.05) is 30.4 Å². The molecule has 0 aromatic heterocycles. The molecular weight excluding hydrogens is 291 g/mol. The fraction of sp³-hybridized carbons (Fsp3) is 0.467. The Morgan fingerprint density at radius 3 is 3.00 bits per heavy atom. The molecule has 2 saturated heterocycles. The number of carbonyl (C=O) groups excluding carboxylic acids is 2. The van der Waals surface area contributed by atoms with Crippen molar-refractivity contribution in [3.8, 4) is 0 Å². The number of halogens is 1. The number of piperidine rings is 2. The third kappa shape index (κ3) is 2.90. The zero-order valence-electron chi connectivity index (χ0n) is 11.5. The lowest BCUT2D eigenvalue weighted by Crippen LogP contribution is -2.55. The minimum Gasteiger partial charge on any atom is -0.353 e. The first-order valence-corrected chi connectivity index (χ1v) is 7.56. The highest BCUT2D eigenvalue weighted by Gasteiger charge is 2.35. The van der Waals surface area contributed by atoms with Crippen molar-refractivity contribution in [3.05, 3.63) is 29.6 Å². The number of carbonyl (C=O) groups is 2. The SMILES string of the molecule is O=C1CCC2CN(C(=O)c3cc(S)ccc3F)CCC2N1. The maximum Gasteiger partial charge on any atom is 0.256 e. The van der Waals surface area contributed by atoms with Crippen molar-refractivity contribution in [1.29, 1.82) is 0 Å². The van der Waals surface area contributed by atoms with E-state index in [1.54, 1.807) is 4.90 Å². The molecule has 2 heterocycles. The van der Waals surface area contributed by atoms with Crippen molar-refractivity contribution in [2.75, 3.05) is 13.1 Å². The van der Waals surface area contributed by atoms with Gasteiger partial charge in [-0.25, -0.2) is 4.39 Å². The molecule has 6 heteroatoms. The Labute approximate surface area is 128 Å². The largest absolute Gasteiger partial charge is 0.353 e. The van der Waals surface area contributed by atoms with Crippen molar-refractivity contribution < 1.29 is 14.0 Å². The number of fused-ring (bicyclic) bond motifs is 1. The molecular formula is C15H17FN2O2S. The van der Waals surface area contributed by atoms with Crippen LogP contribution in [-0.2, 0) is 4.79 Å². The Kier molecular flexibility index (Phi) is 3.89. The summed E-state index contributed by atoms with van der Waals surface area (Å²) in [6.07, 6.45) is 2.02. The third-order valence-corrected chi connectivity index (χ3v) is 4.57. The van der Waals surface area contributed by atoms with Crippen LogP contribution in [0, 0.1) is 11.7 Å². The lowest BCUT2D eigenvalue weighted by molar-refractivity contribution is -0.125. The normalized spacial score (nSPS) is 25.2. The molecule has 1 aromatic rings. The number of hydrogen-bond donors (Lipinski definition) is 2. The summed E-state index contributed by atoms with van der Waals surface area (Å²) in [4.78, 5) is 26.1. The zero-order chi connectivity index (χ0) is 15.0.